The molecule has 0 radical (unpaired) electrons. The molecule has 0 spiro atoms. The highest BCUT2D eigenvalue weighted by Crippen LogP contribution is 2.23. The van der Waals surface area contributed by atoms with E-state index in [1.165, 1.54) is 19.2 Å². The number of fused-ring (bicyclic) bond motifs is 1. The number of hydrogen-bond donors (Lipinski definition) is 1. The number of ether oxygens (including phenoxy) is 1. The normalized spacial score (nSPS) is 12.3. The minimum Gasteiger partial charge on any atom is -0.449 e. The van der Waals surface area contributed by atoms with E-state index in [0.717, 1.165) is 6.07 Å². The predicted octanol–water partition coefficient (Wildman–Crippen LogP) is 3.92. The van der Waals surface area contributed by atoms with Gasteiger partial charge in [-0.15, -0.1) is 0 Å². The molecule has 0 saturated heterocycles. The number of anilines is 1. The molecule has 1 atom stereocenters. The number of nitrogens with zero attached hydrogens (tertiary/aromatic N) is 3. The van der Waals surface area contributed by atoms with Gasteiger partial charge < -0.3 is 10.1 Å². The van der Waals surface area contributed by atoms with E-state index in [-0.39, 0.29) is 11.6 Å². The first-order valence-electron chi connectivity index (χ1n) is 9.10. The highest BCUT2D eigenvalue weighted by atomic mass is 19.2. The lowest BCUT2D eigenvalue weighted by molar-refractivity contribution is -0.123. The molecule has 0 aliphatic rings. The first-order chi connectivity index (χ1) is 14.1. The number of esters is 1. The molecule has 1 aromatic carbocycles. The van der Waals surface area contributed by atoms with Crippen LogP contribution in [0, 0.1) is 24.4 Å². The number of aryl methyl sites for hydroxylation is 1. The molecule has 2 heterocycles. The molecule has 1 N–H and O–H groups in total. The third kappa shape index (κ3) is 3.98. The van der Waals surface area contributed by atoms with Crippen LogP contribution < -0.4 is 5.32 Å². The van der Waals surface area contributed by atoms with Crippen LogP contribution >= 0.6 is 0 Å². The number of halogens is 3. The third-order valence-corrected chi connectivity index (χ3v) is 4.35. The highest BCUT2D eigenvalue weighted by molar-refractivity contribution is 6.04. The lowest BCUT2D eigenvalue weighted by Gasteiger charge is -2.15. The number of rotatable bonds is 5. The maximum absolute atomic E-state index is 13.7. The third-order valence-electron chi connectivity index (χ3n) is 4.35. The van der Waals surface area contributed by atoms with Crippen LogP contribution in [0.4, 0.5) is 18.9 Å². The Morgan fingerprint density at radius 3 is 2.50 bits per heavy atom. The number of hydrogen-bond acceptors (Lipinski definition) is 5. The summed E-state index contributed by atoms with van der Waals surface area (Å²) < 4.78 is 46.9. The standard InChI is InChI=1S/C20H19F3N4O3/c1-9(2)27-18-13(8-24-27)12(7-10(3)25-18)20(29)30-11(4)19(28)26-15-6-5-14(21)16(22)17(15)23/h5-9,11H,1-4H3,(H,26,28). The predicted molar refractivity (Wildman–Crippen MR) is 102 cm³/mol. The van der Waals surface area contributed by atoms with Crippen LogP contribution in [0.25, 0.3) is 11.0 Å². The summed E-state index contributed by atoms with van der Waals surface area (Å²) in [4.78, 5) is 29.3. The van der Waals surface area contributed by atoms with Crippen molar-refractivity contribution in [3.8, 4) is 0 Å². The van der Waals surface area contributed by atoms with E-state index >= 15 is 0 Å². The van der Waals surface area contributed by atoms with Crippen molar-refractivity contribution in [2.45, 2.75) is 39.8 Å². The summed E-state index contributed by atoms with van der Waals surface area (Å²) in [5.41, 5.74) is 0.654. The SMILES string of the molecule is Cc1cc(C(=O)OC(C)C(=O)Nc2ccc(F)c(F)c2F)c2cnn(C(C)C)c2n1. The van der Waals surface area contributed by atoms with Crippen LogP contribution in [0.1, 0.15) is 42.9 Å². The van der Waals surface area contributed by atoms with Crippen LogP contribution in [0.5, 0.6) is 0 Å². The summed E-state index contributed by atoms with van der Waals surface area (Å²) in [6.45, 7) is 6.81. The van der Waals surface area contributed by atoms with Crippen LogP contribution in [0.3, 0.4) is 0 Å². The Kier molecular flexibility index (Phi) is 5.77. The largest absolute Gasteiger partial charge is 0.449 e. The number of benzene rings is 1. The molecule has 0 bridgehead atoms. The lowest BCUT2D eigenvalue weighted by Crippen LogP contribution is -2.30. The molecule has 158 valence electrons. The first kappa shape index (κ1) is 21.3. The van der Waals surface area contributed by atoms with Gasteiger partial charge in [0, 0.05) is 11.7 Å². The monoisotopic (exact) mass is 420 g/mol. The van der Waals surface area contributed by atoms with Gasteiger partial charge in [-0.05, 0) is 45.9 Å². The summed E-state index contributed by atoms with van der Waals surface area (Å²) in [5.74, 6) is -6.36. The van der Waals surface area contributed by atoms with Crippen LogP contribution in [0.2, 0.25) is 0 Å². The second kappa shape index (κ2) is 8.13. The number of aromatic nitrogens is 3. The number of carbonyl (C=O) groups excluding carboxylic acids is 2. The van der Waals surface area contributed by atoms with E-state index in [1.807, 2.05) is 13.8 Å². The van der Waals surface area contributed by atoms with Crippen molar-refractivity contribution >= 4 is 28.6 Å². The summed E-state index contributed by atoms with van der Waals surface area (Å²) in [5, 5.41) is 6.77. The average Bonchev–Trinajstić information content (AvgIpc) is 3.11. The Bertz CT molecular complexity index is 1140. The fraction of sp³-hybridized carbons (Fsp3) is 0.300. The summed E-state index contributed by atoms with van der Waals surface area (Å²) >= 11 is 0. The van der Waals surface area contributed by atoms with Gasteiger partial charge in [-0.3, -0.25) is 4.79 Å². The van der Waals surface area contributed by atoms with Crippen molar-refractivity contribution in [3.05, 3.63) is 53.1 Å². The minimum absolute atomic E-state index is 0.0105. The zero-order chi connectivity index (χ0) is 22.2. The first-order valence-corrected chi connectivity index (χ1v) is 9.10. The molecular formula is C20H19F3N4O3. The van der Waals surface area contributed by atoms with Crippen molar-refractivity contribution < 1.29 is 27.5 Å². The number of amides is 1. The molecule has 1 unspecified atom stereocenters. The topological polar surface area (TPSA) is 86.1 Å². The van der Waals surface area contributed by atoms with Crippen LogP contribution in [-0.2, 0) is 9.53 Å². The summed E-state index contributed by atoms with van der Waals surface area (Å²) in [7, 11) is 0. The second-order valence-corrected chi connectivity index (χ2v) is 6.99. The van der Waals surface area contributed by atoms with Gasteiger partial charge in [0.15, 0.2) is 29.2 Å². The molecule has 3 rings (SSSR count). The maximum atomic E-state index is 13.7. The number of carbonyl (C=O) groups is 2. The summed E-state index contributed by atoms with van der Waals surface area (Å²) in [6, 6.07) is 3.07. The number of pyridine rings is 1. The molecule has 30 heavy (non-hydrogen) atoms. The van der Waals surface area contributed by atoms with E-state index in [1.54, 1.807) is 11.6 Å². The molecular weight excluding hydrogens is 401 g/mol. The number of nitrogens with one attached hydrogen (secondary N) is 1. The molecule has 0 saturated carbocycles. The quantitative estimate of drug-likeness (QED) is 0.499. The van der Waals surface area contributed by atoms with E-state index in [2.05, 4.69) is 15.4 Å². The molecule has 7 nitrogen and oxygen atoms in total. The van der Waals surface area contributed by atoms with E-state index in [0.29, 0.717) is 22.8 Å². The van der Waals surface area contributed by atoms with E-state index in [4.69, 9.17) is 4.74 Å². The van der Waals surface area contributed by atoms with Crippen molar-refractivity contribution in [2.24, 2.45) is 0 Å². The average molecular weight is 420 g/mol. The molecule has 0 aliphatic carbocycles. The van der Waals surface area contributed by atoms with Crippen molar-refractivity contribution in [2.75, 3.05) is 5.32 Å². The molecule has 0 aliphatic heterocycles. The Labute approximate surface area is 169 Å². The van der Waals surface area contributed by atoms with Gasteiger partial charge in [-0.2, -0.15) is 5.10 Å². The zero-order valence-corrected chi connectivity index (χ0v) is 16.7. The van der Waals surface area contributed by atoms with Gasteiger partial charge in [0.05, 0.1) is 22.8 Å². The van der Waals surface area contributed by atoms with E-state index < -0.39 is 41.1 Å². The fourth-order valence-corrected chi connectivity index (χ4v) is 2.82. The van der Waals surface area contributed by atoms with Crippen LogP contribution in [0.15, 0.2) is 24.4 Å². The molecule has 1 amide bonds. The van der Waals surface area contributed by atoms with Crippen molar-refractivity contribution in [1.82, 2.24) is 14.8 Å². The van der Waals surface area contributed by atoms with E-state index in [9.17, 15) is 22.8 Å². The Balaban J connectivity index is 1.81. The molecule has 10 heteroatoms. The van der Waals surface area contributed by atoms with Gasteiger partial charge in [-0.25, -0.2) is 27.6 Å². The fourth-order valence-electron chi connectivity index (χ4n) is 2.82. The molecule has 3 aromatic rings. The molecule has 0 fully saturated rings. The zero-order valence-electron chi connectivity index (χ0n) is 16.7. The Hall–Kier alpha value is -3.43. The highest BCUT2D eigenvalue weighted by Gasteiger charge is 2.24. The molecule has 2 aromatic heterocycles. The van der Waals surface area contributed by atoms with Crippen LogP contribution in [-0.4, -0.2) is 32.7 Å². The minimum atomic E-state index is -1.71. The van der Waals surface area contributed by atoms with Gasteiger partial charge in [-0.1, -0.05) is 0 Å². The second-order valence-electron chi connectivity index (χ2n) is 6.99. The van der Waals surface area contributed by atoms with Gasteiger partial charge in [0.1, 0.15) is 0 Å². The van der Waals surface area contributed by atoms with Crippen molar-refractivity contribution in [1.29, 1.82) is 0 Å². The Morgan fingerprint density at radius 1 is 1.13 bits per heavy atom. The van der Waals surface area contributed by atoms with Gasteiger partial charge >= 0.3 is 5.97 Å². The summed E-state index contributed by atoms with van der Waals surface area (Å²) in [6.07, 6.45) is 0.147. The van der Waals surface area contributed by atoms with Crippen molar-refractivity contribution in [3.63, 3.8) is 0 Å². The van der Waals surface area contributed by atoms with Gasteiger partial charge in [0.25, 0.3) is 5.91 Å². The lowest BCUT2D eigenvalue weighted by atomic mass is 10.1. The smallest absolute Gasteiger partial charge is 0.339 e. The maximum Gasteiger partial charge on any atom is 0.339 e. The Morgan fingerprint density at radius 2 is 1.83 bits per heavy atom. The van der Waals surface area contributed by atoms with Gasteiger partial charge in [0.2, 0.25) is 0 Å².